The number of carbonyl (C=O) groups excluding carboxylic acids is 1. The van der Waals surface area contributed by atoms with E-state index in [0.29, 0.717) is 5.82 Å². The van der Waals surface area contributed by atoms with Crippen LogP contribution in [0.2, 0.25) is 0 Å². The minimum atomic E-state index is -0.306. The van der Waals surface area contributed by atoms with Gasteiger partial charge in [-0.2, -0.15) is 5.10 Å². The summed E-state index contributed by atoms with van der Waals surface area (Å²) in [6.45, 7) is 3.58. The quantitative estimate of drug-likeness (QED) is 0.655. The van der Waals surface area contributed by atoms with E-state index in [1.54, 1.807) is 16.4 Å². The summed E-state index contributed by atoms with van der Waals surface area (Å²) >= 11 is 1.78. The Morgan fingerprint density at radius 2 is 2.31 bits per heavy atom. The van der Waals surface area contributed by atoms with Crippen molar-refractivity contribution in [1.29, 1.82) is 0 Å². The molecule has 132 valence electrons. The van der Waals surface area contributed by atoms with Crippen LogP contribution >= 0.6 is 11.8 Å². The first-order valence-electron chi connectivity index (χ1n) is 8.37. The van der Waals surface area contributed by atoms with E-state index >= 15 is 0 Å². The minimum absolute atomic E-state index is 0.127. The van der Waals surface area contributed by atoms with Crippen LogP contribution in [0, 0.1) is 0 Å². The summed E-state index contributed by atoms with van der Waals surface area (Å²) < 4.78 is 6.86. The molecule has 0 spiro atoms. The monoisotopic (exact) mass is 366 g/mol. The molecular formula is C19H18N4O2S. The number of aromatic nitrogens is 4. The lowest BCUT2D eigenvalue weighted by atomic mass is 10.1. The third-order valence-electron chi connectivity index (χ3n) is 4.29. The number of esters is 1. The van der Waals surface area contributed by atoms with Crippen LogP contribution in [0.15, 0.2) is 36.0 Å². The maximum absolute atomic E-state index is 11.1. The van der Waals surface area contributed by atoms with Gasteiger partial charge in [-0.1, -0.05) is 18.2 Å². The van der Waals surface area contributed by atoms with Gasteiger partial charge in [0, 0.05) is 23.8 Å². The number of ether oxygens (including phenoxy) is 1. The summed E-state index contributed by atoms with van der Waals surface area (Å²) in [5, 5.41) is 6.41. The zero-order valence-electron chi connectivity index (χ0n) is 14.5. The van der Waals surface area contributed by atoms with E-state index in [4.69, 9.17) is 9.72 Å². The van der Waals surface area contributed by atoms with Crippen molar-refractivity contribution >= 4 is 23.8 Å². The molecule has 0 amide bonds. The molecule has 26 heavy (non-hydrogen) atoms. The third-order valence-corrected chi connectivity index (χ3v) is 5.10. The summed E-state index contributed by atoms with van der Waals surface area (Å²) in [6.07, 6.45) is 3.63. The van der Waals surface area contributed by atoms with Gasteiger partial charge in [0.05, 0.1) is 11.7 Å². The highest BCUT2D eigenvalue weighted by Gasteiger charge is 2.21. The van der Waals surface area contributed by atoms with Crippen LogP contribution in [0.25, 0.3) is 28.9 Å². The smallest absolute Gasteiger partial charge is 0.302 e. The fourth-order valence-electron chi connectivity index (χ4n) is 3.03. The van der Waals surface area contributed by atoms with Crippen LogP contribution in [-0.2, 0) is 15.3 Å². The van der Waals surface area contributed by atoms with Gasteiger partial charge >= 0.3 is 5.97 Å². The number of nitrogens with zero attached hydrogens (tertiary/aromatic N) is 4. The van der Waals surface area contributed by atoms with Crippen molar-refractivity contribution in [3.8, 4) is 22.8 Å². The van der Waals surface area contributed by atoms with Crippen LogP contribution < -0.4 is 0 Å². The highest BCUT2D eigenvalue weighted by molar-refractivity contribution is 8.01. The number of hydrogen-bond acceptors (Lipinski definition) is 6. The van der Waals surface area contributed by atoms with Crippen LogP contribution in [0.1, 0.15) is 31.0 Å². The molecule has 3 heterocycles. The van der Waals surface area contributed by atoms with E-state index in [1.165, 1.54) is 18.8 Å². The van der Waals surface area contributed by atoms with Crippen LogP contribution in [0.4, 0.5) is 0 Å². The minimum Gasteiger partial charge on any atom is -0.464 e. The molecule has 1 aliphatic carbocycles. The fourth-order valence-corrected chi connectivity index (χ4v) is 3.79. The Labute approximate surface area is 155 Å². The van der Waals surface area contributed by atoms with E-state index < -0.39 is 0 Å². The predicted molar refractivity (Wildman–Crippen MR) is 102 cm³/mol. The number of carbonyl (C=O) groups is 1. The van der Waals surface area contributed by atoms with Gasteiger partial charge in [-0.25, -0.2) is 14.6 Å². The van der Waals surface area contributed by atoms with Crippen molar-refractivity contribution in [2.75, 3.05) is 6.61 Å². The average Bonchev–Trinajstić information content (AvgIpc) is 3.24. The molecule has 2 aliphatic heterocycles. The first kappa shape index (κ1) is 16.8. The zero-order chi connectivity index (χ0) is 18.1. The van der Waals surface area contributed by atoms with Crippen molar-refractivity contribution in [2.24, 2.45) is 0 Å². The van der Waals surface area contributed by atoms with Gasteiger partial charge in [0.2, 0.25) is 0 Å². The molecule has 1 atom stereocenters. The number of rotatable bonds is 4. The van der Waals surface area contributed by atoms with Gasteiger partial charge in [-0.05, 0) is 30.0 Å². The molecule has 0 fully saturated rings. The van der Waals surface area contributed by atoms with Crippen molar-refractivity contribution in [2.45, 2.75) is 25.6 Å². The summed E-state index contributed by atoms with van der Waals surface area (Å²) in [5.41, 5.74) is 5.25. The van der Waals surface area contributed by atoms with Gasteiger partial charge in [0.15, 0.2) is 5.82 Å². The number of hydrogen-bond donors (Lipinski definition) is 0. The molecule has 0 N–H and O–H groups in total. The fraction of sp³-hybridized carbons (Fsp3) is 0.263. The van der Waals surface area contributed by atoms with Crippen LogP contribution in [0.5, 0.6) is 0 Å². The van der Waals surface area contributed by atoms with E-state index in [9.17, 15) is 4.79 Å². The summed E-state index contributed by atoms with van der Waals surface area (Å²) in [6, 6.07) is 8.20. The van der Waals surface area contributed by atoms with Gasteiger partial charge in [0.25, 0.3) is 0 Å². The van der Waals surface area contributed by atoms with Crippen LogP contribution in [0.3, 0.4) is 0 Å². The Balaban J connectivity index is 1.75. The average molecular weight is 366 g/mol. The molecule has 3 aliphatic rings. The molecule has 6 nitrogen and oxygen atoms in total. The van der Waals surface area contributed by atoms with Crippen molar-refractivity contribution in [3.63, 3.8) is 0 Å². The van der Waals surface area contributed by atoms with E-state index in [1.807, 2.05) is 13.0 Å². The second kappa shape index (κ2) is 6.92. The Bertz CT molecular complexity index is 966. The first-order chi connectivity index (χ1) is 12.6. The molecular weight excluding hydrogens is 348 g/mol. The molecule has 1 aromatic rings. The normalized spacial score (nSPS) is 14.2. The molecule has 7 heteroatoms. The first-order valence-corrected chi connectivity index (χ1v) is 9.42. The standard InChI is InChI=1S/C19H18N4O2S/c1-12(9-25-13(2)24)23-19(20-11-21-23)17-8-14-4-3-5-15-10-26-7-6-16(15)18(14)22-17/h3-8,11-12H,9-10H2,1-2H3. The number of fused-ring (bicyclic) bond motifs is 3. The lowest BCUT2D eigenvalue weighted by Gasteiger charge is -2.13. The third kappa shape index (κ3) is 3.10. The Morgan fingerprint density at radius 3 is 3.15 bits per heavy atom. The molecule has 0 aromatic carbocycles. The Hall–Kier alpha value is -2.67. The molecule has 0 saturated heterocycles. The van der Waals surface area contributed by atoms with E-state index in [2.05, 4.69) is 39.8 Å². The molecule has 1 unspecified atom stereocenters. The molecule has 0 saturated carbocycles. The molecule has 4 rings (SSSR count). The Kier molecular flexibility index (Phi) is 4.46. The van der Waals surface area contributed by atoms with E-state index in [0.717, 1.165) is 28.3 Å². The summed E-state index contributed by atoms with van der Waals surface area (Å²) in [5.74, 6) is 1.32. The lowest BCUT2D eigenvalue weighted by molar-refractivity contribution is -0.142. The maximum Gasteiger partial charge on any atom is 0.302 e. The van der Waals surface area contributed by atoms with Crippen molar-refractivity contribution < 1.29 is 9.53 Å². The molecule has 0 bridgehead atoms. The molecule has 1 aromatic heterocycles. The second-order valence-electron chi connectivity index (χ2n) is 6.20. The highest BCUT2D eigenvalue weighted by atomic mass is 32.2. The SMILES string of the molecule is CC(=O)OCC(C)n1ncnc1-c1cc2cccc3c(c-2n1)C=CSC3. The van der Waals surface area contributed by atoms with Crippen LogP contribution in [-0.4, -0.2) is 32.3 Å². The predicted octanol–water partition coefficient (Wildman–Crippen LogP) is 3.79. The van der Waals surface area contributed by atoms with Gasteiger partial charge in [0.1, 0.15) is 18.6 Å². The zero-order valence-corrected chi connectivity index (χ0v) is 15.4. The van der Waals surface area contributed by atoms with Gasteiger partial charge < -0.3 is 4.74 Å². The maximum atomic E-state index is 11.1. The lowest BCUT2D eigenvalue weighted by Crippen LogP contribution is -2.16. The molecule has 0 radical (unpaired) electrons. The Morgan fingerprint density at radius 1 is 1.42 bits per heavy atom. The van der Waals surface area contributed by atoms with Crippen molar-refractivity contribution in [1.82, 2.24) is 19.7 Å². The number of thioether (sulfide) groups is 1. The second-order valence-corrected chi connectivity index (χ2v) is 7.10. The van der Waals surface area contributed by atoms with Gasteiger partial charge in [-0.3, -0.25) is 4.79 Å². The summed E-state index contributed by atoms with van der Waals surface area (Å²) in [7, 11) is 0. The highest BCUT2D eigenvalue weighted by Crippen LogP contribution is 2.36. The largest absolute Gasteiger partial charge is 0.464 e. The summed E-state index contributed by atoms with van der Waals surface area (Å²) in [4.78, 5) is 20.3. The van der Waals surface area contributed by atoms with Gasteiger partial charge in [-0.15, -0.1) is 11.8 Å². The van der Waals surface area contributed by atoms with Crippen molar-refractivity contribution in [3.05, 3.63) is 47.1 Å². The van der Waals surface area contributed by atoms with E-state index in [-0.39, 0.29) is 18.6 Å². The topological polar surface area (TPSA) is 69.9 Å².